The molecular formula is C12H12F2N2O3. The number of hydrogen-bond donors (Lipinski definition) is 1. The van der Waals surface area contributed by atoms with Crippen molar-refractivity contribution in [2.45, 2.75) is 19.1 Å². The predicted molar refractivity (Wildman–Crippen MR) is 62.5 cm³/mol. The van der Waals surface area contributed by atoms with E-state index >= 15 is 0 Å². The van der Waals surface area contributed by atoms with Gasteiger partial charge in [-0.15, -0.1) is 8.78 Å². The highest BCUT2D eigenvalue weighted by atomic mass is 19.3. The number of rotatable bonds is 1. The van der Waals surface area contributed by atoms with Gasteiger partial charge in [0.2, 0.25) is 0 Å². The van der Waals surface area contributed by atoms with E-state index in [1.54, 1.807) is 4.90 Å². The second-order valence-corrected chi connectivity index (χ2v) is 4.45. The number of benzene rings is 1. The summed E-state index contributed by atoms with van der Waals surface area (Å²) in [5, 5.41) is 2.65. The Kier molecular flexibility index (Phi) is 2.69. The Hall–Kier alpha value is -2.05. The van der Waals surface area contributed by atoms with E-state index in [-0.39, 0.29) is 17.5 Å². The van der Waals surface area contributed by atoms with E-state index in [0.717, 1.165) is 12.8 Å². The average Bonchev–Trinajstić information content (AvgIpc) is 2.93. The predicted octanol–water partition coefficient (Wildman–Crippen LogP) is 2.64. The number of alkyl halides is 2. The summed E-state index contributed by atoms with van der Waals surface area (Å²) in [6.45, 7) is 1.43. The normalized spacial score (nSPS) is 19.6. The van der Waals surface area contributed by atoms with E-state index in [1.807, 2.05) is 0 Å². The maximum Gasteiger partial charge on any atom is 0.586 e. The minimum Gasteiger partial charge on any atom is -0.395 e. The summed E-state index contributed by atoms with van der Waals surface area (Å²) in [6, 6.07) is 3.93. The van der Waals surface area contributed by atoms with Crippen LogP contribution in [0.15, 0.2) is 18.2 Å². The first-order valence-corrected chi connectivity index (χ1v) is 5.99. The molecule has 102 valence electrons. The summed E-state index contributed by atoms with van der Waals surface area (Å²) in [5.74, 6) is -0.117. The lowest BCUT2D eigenvalue weighted by molar-refractivity contribution is -0.286. The molecule has 0 spiro atoms. The molecule has 1 fully saturated rings. The molecule has 3 rings (SSSR count). The lowest BCUT2D eigenvalue weighted by atomic mass is 10.3. The summed E-state index contributed by atoms with van der Waals surface area (Å²) in [5.41, 5.74) is 0.400. The first kappa shape index (κ1) is 12.0. The molecule has 0 atom stereocenters. The third-order valence-corrected chi connectivity index (χ3v) is 3.05. The summed E-state index contributed by atoms with van der Waals surface area (Å²) >= 11 is 0. The highest BCUT2D eigenvalue weighted by Gasteiger charge is 2.43. The van der Waals surface area contributed by atoms with Crippen LogP contribution in [0.4, 0.5) is 19.3 Å². The lowest BCUT2D eigenvalue weighted by Crippen LogP contribution is -2.32. The molecule has 0 unspecified atom stereocenters. The number of carbonyl (C=O) groups excluding carboxylic acids is 1. The SMILES string of the molecule is O=C(Nc1ccc2c(c1)OC(F)(F)O2)N1CCCC1. The summed E-state index contributed by atoms with van der Waals surface area (Å²) in [7, 11) is 0. The van der Waals surface area contributed by atoms with Crippen molar-refractivity contribution in [3.8, 4) is 11.5 Å². The van der Waals surface area contributed by atoms with Gasteiger partial charge < -0.3 is 19.7 Å². The van der Waals surface area contributed by atoms with Gasteiger partial charge >= 0.3 is 12.3 Å². The van der Waals surface area contributed by atoms with Crippen LogP contribution in [0.25, 0.3) is 0 Å². The monoisotopic (exact) mass is 270 g/mol. The van der Waals surface area contributed by atoms with Crippen molar-refractivity contribution >= 4 is 11.7 Å². The van der Waals surface area contributed by atoms with Crippen molar-refractivity contribution in [2.75, 3.05) is 18.4 Å². The number of carbonyl (C=O) groups is 1. The molecule has 1 aromatic rings. The fraction of sp³-hybridized carbons (Fsp3) is 0.417. The number of urea groups is 1. The number of anilines is 1. The van der Waals surface area contributed by atoms with Gasteiger partial charge in [0.1, 0.15) is 0 Å². The Bertz CT molecular complexity index is 516. The zero-order valence-corrected chi connectivity index (χ0v) is 9.99. The number of nitrogens with zero attached hydrogens (tertiary/aromatic N) is 1. The van der Waals surface area contributed by atoms with Crippen LogP contribution in [-0.2, 0) is 0 Å². The zero-order chi connectivity index (χ0) is 13.5. The topological polar surface area (TPSA) is 50.8 Å². The second kappa shape index (κ2) is 4.25. The molecule has 7 heteroatoms. The first-order valence-electron chi connectivity index (χ1n) is 5.99. The Labute approximate surface area is 108 Å². The van der Waals surface area contributed by atoms with Crippen molar-refractivity contribution < 1.29 is 23.0 Å². The molecule has 0 radical (unpaired) electrons. The van der Waals surface area contributed by atoms with E-state index in [4.69, 9.17) is 0 Å². The van der Waals surface area contributed by atoms with Crippen molar-refractivity contribution in [3.05, 3.63) is 18.2 Å². The Morgan fingerprint density at radius 2 is 1.89 bits per heavy atom. The largest absolute Gasteiger partial charge is 0.586 e. The Morgan fingerprint density at radius 1 is 1.21 bits per heavy atom. The van der Waals surface area contributed by atoms with Crippen LogP contribution in [0.2, 0.25) is 0 Å². The highest BCUT2D eigenvalue weighted by molar-refractivity contribution is 5.89. The van der Waals surface area contributed by atoms with Crippen LogP contribution in [0.3, 0.4) is 0 Å². The quantitative estimate of drug-likeness (QED) is 0.853. The Balaban J connectivity index is 1.71. The van der Waals surface area contributed by atoms with Gasteiger partial charge in [-0.3, -0.25) is 0 Å². The highest BCUT2D eigenvalue weighted by Crippen LogP contribution is 2.42. The van der Waals surface area contributed by atoms with Crippen LogP contribution in [0, 0.1) is 0 Å². The van der Waals surface area contributed by atoms with Crippen LogP contribution >= 0.6 is 0 Å². The van der Waals surface area contributed by atoms with E-state index in [0.29, 0.717) is 18.8 Å². The van der Waals surface area contributed by atoms with Gasteiger partial charge in [0.25, 0.3) is 0 Å². The van der Waals surface area contributed by atoms with Crippen LogP contribution in [-0.4, -0.2) is 30.3 Å². The van der Waals surface area contributed by atoms with Crippen LogP contribution in [0.1, 0.15) is 12.8 Å². The van der Waals surface area contributed by atoms with Gasteiger partial charge in [0.05, 0.1) is 0 Å². The van der Waals surface area contributed by atoms with Crippen molar-refractivity contribution in [1.29, 1.82) is 0 Å². The van der Waals surface area contributed by atoms with Gasteiger partial charge in [0, 0.05) is 24.8 Å². The van der Waals surface area contributed by atoms with Gasteiger partial charge in [-0.25, -0.2) is 4.79 Å². The molecule has 5 nitrogen and oxygen atoms in total. The van der Waals surface area contributed by atoms with E-state index in [2.05, 4.69) is 14.8 Å². The molecule has 1 N–H and O–H groups in total. The van der Waals surface area contributed by atoms with Crippen molar-refractivity contribution in [1.82, 2.24) is 4.90 Å². The van der Waals surface area contributed by atoms with E-state index < -0.39 is 6.29 Å². The van der Waals surface area contributed by atoms with E-state index in [1.165, 1.54) is 18.2 Å². The first-order chi connectivity index (χ1) is 9.03. The molecule has 2 amide bonds. The van der Waals surface area contributed by atoms with Gasteiger partial charge in [-0.1, -0.05) is 0 Å². The molecule has 0 bridgehead atoms. The van der Waals surface area contributed by atoms with E-state index in [9.17, 15) is 13.6 Å². The molecular weight excluding hydrogens is 258 g/mol. The molecule has 0 aromatic heterocycles. The Morgan fingerprint density at radius 3 is 2.63 bits per heavy atom. The molecule has 2 heterocycles. The molecule has 2 aliphatic heterocycles. The number of amides is 2. The smallest absolute Gasteiger partial charge is 0.395 e. The summed E-state index contributed by atoms with van der Waals surface area (Å²) < 4.78 is 34.3. The average molecular weight is 270 g/mol. The number of hydrogen-bond acceptors (Lipinski definition) is 3. The molecule has 2 aliphatic rings. The van der Waals surface area contributed by atoms with Gasteiger partial charge in [-0.05, 0) is 25.0 Å². The third kappa shape index (κ3) is 2.40. The number of fused-ring (bicyclic) bond motifs is 1. The molecule has 1 saturated heterocycles. The molecule has 1 aromatic carbocycles. The minimum absolute atomic E-state index is 0.0378. The number of halogens is 2. The number of nitrogens with one attached hydrogen (secondary N) is 1. The minimum atomic E-state index is -3.64. The van der Waals surface area contributed by atoms with Crippen molar-refractivity contribution in [3.63, 3.8) is 0 Å². The van der Waals surface area contributed by atoms with Crippen LogP contribution in [0.5, 0.6) is 11.5 Å². The van der Waals surface area contributed by atoms with Gasteiger partial charge in [0.15, 0.2) is 11.5 Å². The molecule has 0 saturated carbocycles. The molecule has 19 heavy (non-hydrogen) atoms. The summed E-state index contributed by atoms with van der Waals surface area (Å²) in [6.07, 6.45) is -1.67. The van der Waals surface area contributed by atoms with Crippen LogP contribution < -0.4 is 14.8 Å². The third-order valence-electron chi connectivity index (χ3n) is 3.05. The number of ether oxygens (including phenoxy) is 2. The van der Waals surface area contributed by atoms with Crippen molar-refractivity contribution in [2.24, 2.45) is 0 Å². The maximum atomic E-state index is 12.8. The zero-order valence-electron chi connectivity index (χ0n) is 9.99. The fourth-order valence-corrected chi connectivity index (χ4v) is 2.15. The standard InChI is InChI=1S/C12H12F2N2O3/c13-12(14)18-9-4-3-8(7-10(9)19-12)15-11(17)16-5-1-2-6-16/h3-4,7H,1-2,5-6H2,(H,15,17). The fourth-order valence-electron chi connectivity index (χ4n) is 2.15. The van der Waals surface area contributed by atoms with Gasteiger partial charge in [-0.2, -0.15) is 0 Å². The summed E-state index contributed by atoms with van der Waals surface area (Å²) in [4.78, 5) is 13.5. The molecule has 0 aliphatic carbocycles. The number of likely N-dealkylation sites (tertiary alicyclic amines) is 1. The maximum absolute atomic E-state index is 12.8. The lowest BCUT2D eigenvalue weighted by Gasteiger charge is -2.16. The second-order valence-electron chi connectivity index (χ2n) is 4.45.